The molecule has 6 heteroatoms. The van der Waals surface area contributed by atoms with Crippen molar-refractivity contribution in [2.45, 2.75) is 24.8 Å². The third-order valence-electron chi connectivity index (χ3n) is 4.01. The van der Waals surface area contributed by atoms with Crippen LogP contribution in [-0.2, 0) is 27.8 Å². The molecule has 1 heterocycles. The van der Waals surface area contributed by atoms with Crippen molar-refractivity contribution in [3.05, 3.63) is 59.7 Å². The lowest BCUT2D eigenvalue weighted by molar-refractivity contribution is -0.129. The van der Waals surface area contributed by atoms with E-state index in [0.717, 1.165) is 11.1 Å². The predicted octanol–water partition coefficient (Wildman–Crippen LogP) is 2.39. The second-order valence-corrected chi connectivity index (χ2v) is 7.23. The van der Waals surface area contributed by atoms with E-state index in [1.165, 1.54) is 0 Å². The number of anilines is 1. The topological polar surface area (TPSA) is 66.5 Å². The van der Waals surface area contributed by atoms with Crippen molar-refractivity contribution in [1.29, 1.82) is 0 Å². The second kappa shape index (κ2) is 6.04. The van der Waals surface area contributed by atoms with E-state index in [0.29, 0.717) is 25.2 Å². The average molecular weight is 330 g/mol. The van der Waals surface area contributed by atoms with Crippen molar-refractivity contribution in [3.63, 3.8) is 0 Å². The van der Waals surface area contributed by atoms with E-state index in [1.807, 2.05) is 12.1 Å². The first-order chi connectivity index (χ1) is 11.0. The summed E-state index contributed by atoms with van der Waals surface area (Å²) in [4.78, 5) is 13.5. The largest absolute Gasteiger partial charge is 0.338 e. The highest BCUT2D eigenvalue weighted by atomic mass is 32.2. The molecule has 1 amide bonds. The summed E-state index contributed by atoms with van der Waals surface area (Å²) in [6, 6.07) is 13.8. The van der Waals surface area contributed by atoms with Gasteiger partial charge in [-0.3, -0.25) is 9.52 Å². The van der Waals surface area contributed by atoms with Gasteiger partial charge in [-0.1, -0.05) is 30.3 Å². The molecule has 0 atom stereocenters. The normalized spacial score (nSPS) is 14.2. The van der Waals surface area contributed by atoms with Crippen LogP contribution in [-0.4, -0.2) is 25.8 Å². The number of amides is 1. The van der Waals surface area contributed by atoms with Crippen molar-refractivity contribution in [3.8, 4) is 0 Å². The summed E-state index contributed by atoms with van der Waals surface area (Å²) in [7, 11) is -3.61. The third-order valence-corrected chi connectivity index (χ3v) is 5.39. The van der Waals surface area contributed by atoms with Crippen LogP contribution in [0, 0.1) is 0 Å². The Labute approximate surface area is 136 Å². The molecule has 0 aliphatic carbocycles. The quantitative estimate of drug-likeness (QED) is 0.940. The highest BCUT2D eigenvalue weighted by Gasteiger charge is 2.22. The highest BCUT2D eigenvalue weighted by Crippen LogP contribution is 2.28. The van der Waals surface area contributed by atoms with Crippen molar-refractivity contribution in [1.82, 2.24) is 4.90 Å². The molecule has 0 fully saturated rings. The molecule has 0 aromatic heterocycles. The molecule has 0 bridgehead atoms. The van der Waals surface area contributed by atoms with E-state index in [2.05, 4.69) is 4.72 Å². The molecule has 0 saturated carbocycles. The Morgan fingerprint density at radius 2 is 1.83 bits per heavy atom. The molecule has 2 aromatic carbocycles. The van der Waals surface area contributed by atoms with Gasteiger partial charge in [-0.05, 0) is 35.7 Å². The lowest BCUT2D eigenvalue weighted by atomic mass is 9.98. The van der Waals surface area contributed by atoms with Gasteiger partial charge in [0.1, 0.15) is 0 Å². The molecule has 0 radical (unpaired) electrons. The molecular weight excluding hydrogens is 312 g/mol. The fourth-order valence-electron chi connectivity index (χ4n) is 2.78. The number of carbonyl (C=O) groups excluding carboxylic acids is 1. The zero-order chi connectivity index (χ0) is 16.4. The number of nitrogens with one attached hydrogen (secondary N) is 1. The van der Waals surface area contributed by atoms with Crippen LogP contribution < -0.4 is 4.72 Å². The maximum absolute atomic E-state index is 12.5. The Balaban J connectivity index is 1.91. The first-order valence-corrected chi connectivity index (χ1v) is 8.90. The van der Waals surface area contributed by atoms with Crippen molar-refractivity contribution in [2.75, 3.05) is 11.3 Å². The first-order valence-electron chi connectivity index (χ1n) is 7.41. The van der Waals surface area contributed by atoms with Gasteiger partial charge in [-0.25, -0.2) is 8.42 Å². The second-order valence-electron chi connectivity index (χ2n) is 5.55. The predicted molar refractivity (Wildman–Crippen MR) is 88.5 cm³/mol. The fourth-order valence-corrected chi connectivity index (χ4v) is 3.89. The van der Waals surface area contributed by atoms with E-state index in [4.69, 9.17) is 0 Å². The third kappa shape index (κ3) is 3.22. The Morgan fingerprint density at radius 1 is 1.09 bits per heavy atom. The Hall–Kier alpha value is -2.34. The Bertz CT molecular complexity index is 832. The summed E-state index contributed by atoms with van der Waals surface area (Å²) < 4.78 is 27.6. The van der Waals surface area contributed by atoms with Gasteiger partial charge in [0.05, 0.1) is 10.6 Å². The van der Waals surface area contributed by atoms with Crippen LogP contribution in [0.15, 0.2) is 53.4 Å². The van der Waals surface area contributed by atoms with Gasteiger partial charge in [0, 0.05) is 20.0 Å². The van der Waals surface area contributed by atoms with Crippen molar-refractivity contribution < 1.29 is 13.2 Å². The van der Waals surface area contributed by atoms with Gasteiger partial charge in [0.15, 0.2) is 0 Å². The fraction of sp³-hybridized carbons (Fsp3) is 0.235. The van der Waals surface area contributed by atoms with Crippen LogP contribution >= 0.6 is 0 Å². The maximum atomic E-state index is 12.5. The van der Waals surface area contributed by atoms with Gasteiger partial charge < -0.3 is 4.90 Å². The molecule has 23 heavy (non-hydrogen) atoms. The van der Waals surface area contributed by atoms with Crippen LogP contribution in [0.1, 0.15) is 18.1 Å². The summed E-state index contributed by atoms with van der Waals surface area (Å²) in [5, 5.41) is 0. The monoisotopic (exact) mass is 330 g/mol. The van der Waals surface area contributed by atoms with Crippen molar-refractivity contribution >= 4 is 21.6 Å². The van der Waals surface area contributed by atoms with Crippen LogP contribution in [0.2, 0.25) is 0 Å². The Kier molecular flexibility index (Phi) is 4.09. The molecule has 0 spiro atoms. The van der Waals surface area contributed by atoms with Gasteiger partial charge in [0.25, 0.3) is 10.0 Å². The maximum Gasteiger partial charge on any atom is 0.261 e. The summed E-state index contributed by atoms with van der Waals surface area (Å²) in [6.45, 7) is 2.67. The van der Waals surface area contributed by atoms with Crippen LogP contribution in [0.25, 0.3) is 0 Å². The number of nitrogens with zero attached hydrogens (tertiary/aromatic N) is 1. The van der Waals surface area contributed by atoms with Crippen LogP contribution in [0.5, 0.6) is 0 Å². The van der Waals surface area contributed by atoms with E-state index in [1.54, 1.807) is 48.2 Å². The van der Waals surface area contributed by atoms with E-state index in [9.17, 15) is 13.2 Å². The van der Waals surface area contributed by atoms with Gasteiger partial charge >= 0.3 is 0 Å². The summed E-state index contributed by atoms with van der Waals surface area (Å²) in [6.07, 6.45) is 0.641. The number of carbonyl (C=O) groups is 1. The van der Waals surface area contributed by atoms with Crippen LogP contribution in [0.4, 0.5) is 5.69 Å². The van der Waals surface area contributed by atoms with E-state index < -0.39 is 10.0 Å². The molecule has 1 aliphatic heterocycles. The van der Waals surface area contributed by atoms with Gasteiger partial charge in [-0.15, -0.1) is 0 Å². The zero-order valence-electron chi connectivity index (χ0n) is 12.8. The number of benzene rings is 2. The molecule has 2 aromatic rings. The van der Waals surface area contributed by atoms with Gasteiger partial charge in [-0.2, -0.15) is 0 Å². The average Bonchev–Trinajstić information content (AvgIpc) is 2.55. The number of hydrogen-bond donors (Lipinski definition) is 1. The standard InChI is InChI=1S/C17H18N2O3S/c1-13(20)19-11-10-16-14(12-19)6-5-9-17(16)18-23(21,22)15-7-3-2-4-8-15/h2-9,18H,10-12H2,1H3. The number of sulfonamides is 1. The van der Waals surface area contributed by atoms with Crippen molar-refractivity contribution in [2.24, 2.45) is 0 Å². The molecule has 3 rings (SSSR count). The molecule has 0 unspecified atom stereocenters. The lowest BCUT2D eigenvalue weighted by Crippen LogP contribution is -2.34. The minimum Gasteiger partial charge on any atom is -0.338 e. The SMILES string of the molecule is CC(=O)N1CCc2c(cccc2NS(=O)(=O)c2ccccc2)C1. The smallest absolute Gasteiger partial charge is 0.261 e. The Morgan fingerprint density at radius 3 is 2.52 bits per heavy atom. The number of rotatable bonds is 3. The molecular formula is C17H18N2O3S. The zero-order valence-corrected chi connectivity index (χ0v) is 13.6. The summed E-state index contributed by atoms with van der Waals surface area (Å²) in [5.74, 6) is 0.0333. The van der Waals surface area contributed by atoms with Crippen LogP contribution in [0.3, 0.4) is 0 Å². The minimum absolute atomic E-state index is 0.0333. The summed E-state index contributed by atoms with van der Waals surface area (Å²) in [5.41, 5.74) is 2.54. The molecule has 0 saturated heterocycles. The first kappa shape index (κ1) is 15.6. The number of hydrogen-bond acceptors (Lipinski definition) is 3. The summed E-state index contributed by atoms with van der Waals surface area (Å²) >= 11 is 0. The highest BCUT2D eigenvalue weighted by molar-refractivity contribution is 7.92. The molecule has 120 valence electrons. The number of fused-ring (bicyclic) bond motifs is 1. The minimum atomic E-state index is -3.61. The lowest BCUT2D eigenvalue weighted by Gasteiger charge is -2.29. The molecule has 1 aliphatic rings. The van der Waals surface area contributed by atoms with Gasteiger partial charge in [0.2, 0.25) is 5.91 Å². The van der Waals surface area contributed by atoms with E-state index in [-0.39, 0.29) is 10.8 Å². The van der Waals surface area contributed by atoms with E-state index >= 15 is 0 Å². The molecule has 1 N–H and O–H groups in total. The molecule has 5 nitrogen and oxygen atoms in total.